The Morgan fingerprint density at radius 2 is 1.79 bits per heavy atom. The quantitative estimate of drug-likeness (QED) is 0.807. The van der Waals surface area contributed by atoms with E-state index in [-0.39, 0.29) is 12.0 Å². The molecule has 0 spiro atoms. The van der Waals surface area contributed by atoms with Crippen LogP contribution in [0.5, 0.6) is 0 Å². The summed E-state index contributed by atoms with van der Waals surface area (Å²) in [5, 5.41) is 6.50. The Bertz CT molecular complexity index is 688. The van der Waals surface area contributed by atoms with E-state index >= 15 is 0 Å². The molecule has 1 aliphatic carbocycles. The molecule has 1 saturated carbocycles. The highest BCUT2D eigenvalue weighted by atomic mass is 16.6. The first-order chi connectivity index (χ1) is 13.2. The zero-order valence-electron chi connectivity index (χ0n) is 17.5. The van der Waals surface area contributed by atoms with E-state index in [9.17, 15) is 9.59 Å². The van der Waals surface area contributed by atoms with Crippen LogP contribution in [0.4, 0.5) is 10.5 Å². The van der Waals surface area contributed by atoms with Crippen molar-refractivity contribution in [3.8, 4) is 0 Å². The van der Waals surface area contributed by atoms with Crippen LogP contribution in [0.3, 0.4) is 0 Å². The average molecular weight is 388 g/mol. The van der Waals surface area contributed by atoms with Crippen molar-refractivity contribution >= 4 is 17.7 Å². The highest BCUT2D eigenvalue weighted by molar-refractivity contribution is 5.88. The highest BCUT2D eigenvalue weighted by Crippen LogP contribution is 2.41. The predicted octanol–water partition coefficient (Wildman–Crippen LogP) is 3.74. The number of amides is 2. The Morgan fingerprint density at radius 1 is 1.14 bits per heavy atom. The monoisotopic (exact) mass is 387 g/mol. The average Bonchev–Trinajstić information content (AvgIpc) is 3.39. The normalized spacial score (nSPS) is 22.6. The second-order valence-corrected chi connectivity index (χ2v) is 9.07. The fourth-order valence-electron chi connectivity index (χ4n) is 3.77. The molecule has 0 radical (unpaired) electrons. The Labute approximate surface area is 168 Å². The third kappa shape index (κ3) is 5.96. The van der Waals surface area contributed by atoms with Gasteiger partial charge in [-0.15, -0.1) is 0 Å². The lowest BCUT2D eigenvalue weighted by Crippen LogP contribution is -2.43. The summed E-state index contributed by atoms with van der Waals surface area (Å²) < 4.78 is 5.46. The highest BCUT2D eigenvalue weighted by Gasteiger charge is 2.38. The van der Waals surface area contributed by atoms with Crippen molar-refractivity contribution in [3.05, 3.63) is 29.8 Å². The van der Waals surface area contributed by atoms with Crippen molar-refractivity contribution in [2.75, 3.05) is 25.0 Å². The maximum absolute atomic E-state index is 12.1. The summed E-state index contributed by atoms with van der Waals surface area (Å²) in [6.45, 7) is 9.79. The van der Waals surface area contributed by atoms with Crippen molar-refractivity contribution in [1.29, 1.82) is 0 Å². The Morgan fingerprint density at radius 3 is 2.36 bits per heavy atom. The number of hydrogen-bond acceptors (Lipinski definition) is 4. The minimum atomic E-state index is -0.434. The number of anilines is 1. The molecular weight excluding hydrogens is 354 g/mol. The number of hydrogen-bond donors (Lipinski definition) is 2. The van der Waals surface area contributed by atoms with Crippen LogP contribution in [0.1, 0.15) is 58.4 Å². The van der Waals surface area contributed by atoms with Gasteiger partial charge in [0.25, 0.3) is 0 Å². The van der Waals surface area contributed by atoms with Gasteiger partial charge in [0.2, 0.25) is 5.91 Å². The topological polar surface area (TPSA) is 70.7 Å². The Kier molecular flexibility index (Phi) is 6.28. The van der Waals surface area contributed by atoms with Gasteiger partial charge in [0.05, 0.1) is 0 Å². The van der Waals surface area contributed by atoms with Crippen LogP contribution in [0.15, 0.2) is 24.3 Å². The minimum Gasteiger partial charge on any atom is -0.444 e. The van der Waals surface area contributed by atoms with Crippen LogP contribution < -0.4 is 10.6 Å². The first-order valence-electron chi connectivity index (χ1n) is 10.3. The SMILES string of the molecule is CC(=O)Nc1ccc([C@@H]2C[C@H]2NCC2CCN(C(=O)OC(C)(C)C)CC2)cc1. The number of nitrogens with one attached hydrogen (secondary N) is 2. The molecule has 6 heteroatoms. The zero-order chi connectivity index (χ0) is 20.3. The van der Waals surface area contributed by atoms with Crippen molar-refractivity contribution in [1.82, 2.24) is 10.2 Å². The molecule has 2 aliphatic rings. The maximum atomic E-state index is 12.1. The lowest BCUT2D eigenvalue weighted by atomic mass is 9.97. The molecule has 6 nitrogen and oxygen atoms in total. The first kappa shape index (κ1) is 20.6. The lowest BCUT2D eigenvalue weighted by Gasteiger charge is -2.33. The standard InChI is InChI=1S/C22H33N3O3/c1-15(26)24-18-7-5-17(6-8-18)19-13-20(19)23-14-16-9-11-25(12-10-16)21(27)28-22(2,3)4/h5-8,16,19-20,23H,9-14H2,1-4H3,(H,24,26)/t19-,20+/m0/s1. The van der Waals surface area contributed by atoms with Gasteiger partial charge in [-0.2, -0.15) is 0 Å². The molecule has 28 heavy (non-hydrogen) atoms. The van der Waals surface area contributed by atoms with Gasteiger partial charge in [-0.05, 0) is 70.2 Å². The minimum absolute atomic E-state index is 0.0450. The molecule has 0 bridgehead atoms. The van der Waals surface area contributed by atoms with Gasteiger partial charge in [-0.3, -0.25) is 4.79 Å². The molecule has 0 unspecified atom stereocenters. The summed E-state index contributed by atoms with van der Waals surface area (Å²) in [6.07, 6.45) is 3.02. The molecule has 3 rings (SSSR count). The van der Waals surface area contributed by atoms with Crippen molar-refractivity contribution in [3.63, 3.8) is 0 Å². The van der Waals surface area contributed by atoms with Gasteiger partial charge < -0.3 is 20.3 Å². The van der Waals surface area contributed by atoms with Crippen molar-refractivity contribution < 1.29 is 14.3 Å². The molecule has 154 valence electrons. The van der Waals surface area contributed by atoms with Gasteiger partial charge in [0.1, 0.15) is 5.60 Å². The third-order valence-corrected chi connectivity index (χ3v) is 5.38. The summed E-state index contributed by atoms with van der Waals surface area (Å²) in [5.41, 5.74) is 1.74. The molecule has 1 aliphatic heterocycles. The third-order valence-electron chi connectivity index (χ3n) is 5.38. The number of carbonyl (C=O) groups excluding carboxylic acids is 2. The number of carbonyl (C=O) groups is 2. The number of rotatable bonds is 5. The molecule has 0 aromatic heterocycles. The number of nitrogens with zero attached hydrogens (tertiary/aromatic N) is 1. The summed E-state index contributed by atoms with van der Waals surface area (Å²) in [7, 11) is 0. The second kappa shape index (κ2) is 8.52. The molecule has 2 fully saturated rings. The van der Waals surface area contributed by atoms with Gasteiger partial charge in [0.15, 0.2) is 0 Å². The summed E-state index contributed by atoms with van der Waals surface area (Å²) in [5.74, 6) is 1.13. The number of ether oxygens (including phenoxy) is 1. The lowest BCUT2D eigenvalue weighted by molar-refractivity contribution is -0.114. The van der Waals surface area contributed by atoms with E-state index < -0.39 is 5.60 Å². The number of benzene rings is 1. The summed E-state index contributed by atoms with van der Waals surface area (Å²) in [4.78, 5) is 25.1. The van der Waals surface area contributed by atoms with Crippen LogP contribution >= 0.6 is 0 Å². The molecule has 1 aromatic carbocycles. The van der Waals surface area contributed by atoms with E-state index in [1.54, 1.807) is 0 Å². The van der Waals surface area contributed by atoms with Crippen molar-refractivity contribution in [2.45, 2.75) is 64.5 Å². The smallest absolute Gasteiger partial charge is 0.410 e. The van der Waals surface area contributed by atoms with E-state index in [1.165, 1.54) is 12.5 Å². The van der Waals surface area contributed by atoms with Gasteiger partial charge in [0, 0.05) is 37.7 Å². The molecule has 1 heterocycles. The summed E-state index contributed by atoms with van der Waals surface area (Å²) in [6, 6.07) is 8.70. The molecule has 2 atom stereocenters. The molecule has 1 aromatic rings. The molecule has 2 N–H and O–H groups in total. The Hall–Kier alpha value is -2.08. The Balaban J connectivity index is 1.37. The van der Waals surface area contributed by atoms with E-state index in [1.807, 2.05) is 37.8 Å². The summed E-state index contributed by atoms with van der Waals surface area (Å²) >= 11 is 0. The van der Waals surface area contributed by atoms with Crippen LogP contribution in [-0.4, -0.2) is 48.2 Å². The first-order valence-corrected chi connectivity index (χ1v) is 10.3. The van der Waals surface area contributed by atoms with E-state index in [2.05, 4.69) is 22.8 Å². The molecule has 1 saturated heterocycles. The number of piperidine rings is 1. The molecular formula is C22H33N3O3. The number of likely N-dealkylation sites (tertiary alicyclic amines) is 1. The fraction of sp³-hybridized carbons (Fsp3) is 0.636. The van der Waals surface area contributed by atoms with Gasteiger partial charge >= 0.3 is 6.09 Å². The fourth-order valence-corrected chi connectivity index (χ4v) is 3.77. The predicted molar refractivity (Wildman–Crippen MR) is 110 cm³/mol. The largest absolute Gasteiger partial charge is 0.444 e. The second-order valence-electron chi connectivity index (χ2n) is 9.07. The molecule has 2 amide bonds. The van der Waals surface area contributed by atoms with Gasteiger partial charge in [-0.25, -0.2) is 4.79 Å². The van der Waals surface area contributed by atoms with Crippen LogP contribution in [0.25, 0.3) is 0 Å². The zero-order valence-corrected chi connectivity index (χ0v) is 17.5. The van der Waals surface area contributed by atoms with Crippen LogP contribution in [0, 0.1) is 5.92 Å². The van der Waals surface area contributed by atoms with Gasteiger partial charge in [-0.1, -0.05) is 12.1 Å². The van der Waals surface area contributed by atoms with Crippen LogP contribution in [0.2, 0.25) is 0 Å². The van der Waals surface area contributed by atoms with E-state index in [0.29, 0.717) is 17.9 Å². The van der Waals surface area contributed by atoms with E-state index in [4.69, 9.17) is 4.74 Å². The van der Waals surface area contributed by atoms with Crippen LogP contribution in [-0.2, 0) is 9.53 Å². The maximum Gasteiger partial charge on any atom is 0.410 e. The van der Waals surface area contributed by atoms with E-state index in [0.717, 1.165) is 44.6 Å². The van der Waals surface area contributed by atoms with Crippen molar-refractivity contribution in [2.24, 2.45) is 5.92 Å².